The van der Waals surface area contributed by atoms with Crippen LogP contribution in [0.5, 0.6) is 5.75 Å². The first-order valence-electron chi connectivity index (χ1n) is 6.54. The predicted molar refractivity (Wildman–Crippen MR) is 77.3 cm³/mol. The van der Waals surface area contributed by atoms with Gasteiger partial charge in [0.15, 0.2) is 0 Å². The van der Waals surface area contributed by atoms with Gasteiger partial charge in [-0.25, -0.2) is 13.1 Å². The summed E-state index contributed by atoms with van der Waals surface area (Å²) in [5.41, 5.74) is 0. The van der Waals surface area contributed by atoms with Crippen LogP contribution < -0.4 is 9.46 Å². The zero-order valence-corrected chi connectivity index (χ0v) is 13.3. The Morgan fingerprint density at radius 3 is 2.38 bits per heavy atom. The molecule has 1 rings (SSSR count). The Bertz CT molecular complexity index is 563. The number of alkyl halides is 2. The van der Waals surface area contributed by atoms with Gasteiger partial charge in [0.2, 0.25) is 10.0 Å². The van der Waals surface area contributed by atoms with E-state index in [4.69, 9.17) is 11.6 Å². The molecule has 0 fully saturated rings. The molecular formula is C13H18ClF2NO3S. The Kier molecular flexibility index (Phi) is 6.83. The second-order valence-corrected chi connectivity index (χ2v) is 6.68. The maximum atomic E-state index is 12.1. The van der Waals surface area contributed by atoms with Crippen LogP contribution in [0, 0.1) is 5.92 Å². The average Bonchev–Trinajstić information content (AvgIpc) is 2.41. The standard InChI is InChI=1S/C13H18ClF2NO3S/c1-3-9(4-2)8-17-21(18,19)10-5-6-12(11(14)7-10)20-13(15)16/h5-7,9,13,17H,3-4,8H2,1-2H3. The van der Waals surface area contributed by atoms with Crippen molar-refractivity contribution in [2.75, 3.05) is 6.54 Å². The third-order valence-corrected chi connectivity index (χ3v) is 4.86. The molecule has 0 aliphatic rings. The molecule has 0 saturated carbocycles. The molecule has 21 heavy (non-hydrogen) atoms. The molecule has 0 heterocycles. The van der Waals surface area contributed by atoms with Crippen molar-refractivity contribution in [1.29, 1.82) is 0 Å². The monoisotopic (exact) mass is 341 g/mol. The van der Waals surface area contributed by atoms with Crippen molar-refractivity contribution in [3.63, 3.8) is 0 Å². The zero-order valence-electron chi connectivity index (χ0n) is 11.8. The molecule has 8 heteroatoms. The van der Waals surface area contributed by atoms with Crippen molar-refractivity contribution in [3.8, 4) is 5.75 Å². The second kappa shape index (κ2) is 7.91. The molecule has 0 aromatic heterocycles. The lowest BCUT2D eigenvalue weighted by molar-refractivity contribution is -0.0498. The van der Waals surface area contributed by atoms with E-state index >= 15 is 0 Å². The molecule has 0 spiro atoms. The molecule has 0 bridgehead atoms. The van der Waals surface area contributed by atoms with Crippen LogP contribution in [-0.2, 0) is 10.0 Å². The zero-order chi connectivity index (χ0) is 16.0. The first kappa shape index (κ1) is 18.1. The second-order valence-electron chi connectivity index (χ2n) is 4.51. The lowest BCUT2D eigenvalue weighted by Gasteiger charge is -2.14. The van der Waals surface area contributed by atoms with Crippen molar-refractivity contribution in [2.45, 2.75) is 38.2 Å². The van der Waals surface area contributed by atoms with Crippen LogP contribution in [-0.4, -0.2) is 21.6 Å². The molecule has 0 saturated heterocycles. The third kappa shape index (κ3) is 5.41. The number of hydrogen-bond donors (Lipinski definition) is 1. The molecule has 0 aliphatic carbocycles. The molecule has 1 aromatic rings. The Labute approximate surface area is 128 Å². The highest BCUT2D eigenvalue weighted by Crippen LogP contribution is 2.28. The van der Waals surface area contributed by atoms with Crippen LogP contribution in [0.3, 0.4) is 0 Å². The summed E-state index contributed by atoms with van der Waals surface area (Å²) in [4.78, 5) is -0.0833. The molecule has 0 unspecified atom stereocenters. The topological polar surface area (TPSA) is 55.4 Å². The van der Waals surface area contributed by atoms with Crippen molar-refractivity contribution >= 4 is 21.6 Å². The SMILES string of the molecule is CCC(CC)CNS(=O)(=O)c1ccc(OC(F)F)c(Cl)c1. The van der Waals surface area contributed by atoms with Gasteiger partial charge in [0, 0.05) is 6.54 Å². The van der Waals surface area contributed by atoms with E-state index < -0.39 is 16.6 Å². The number of hydrogen-bond acceptors (Lipinski definition) is 3. The highest BCUT2D eigenvalue weighted by atomic mass is 35.5. The Balaban J connectivity index is 2.86. The van der Waals surface area contributed by atoms with Crippen LogP contribution >= 0.6 is 11.6 Å². The number of halogens is 3. The lowest BCUT2D eigenvalue weighted by atomic mass is 10.0. The van der Waals surface area contributed by atoms with Crippen molar-refractivity contribution in [1.82, 2.24) is 4.72 Å². The first-order valence-corrected chi connectivity index (χ1v) is 8.40. The normalized spacial score (nSPS) is 12.1. The van der Waals surface area contributed by atoms with E-state index in [1.807, 2.05) is 13.8 Å². The molecule has 0 radical (unpaired) electrons. The fraction of sp³-hybridized carbons (Fsp3) is 0.538. The molecule has 0 amide bonds. The van der Waals surface area contributed by atoms with Gasteiger partial charge in [-0.05, 0) is 24.1 Å². The number of benzene rings is 1. The summed E-state index contributed by atoms with van der Waals surface area (Å²) < 4.78 is 55.1. The molecule has 4 nitrogen and oxygen atoms in total. The van der Waals surface area contributed by atoms with E-state index in [1.165, 1.54) is 6.07 Å². The minimum absolute atomic E-state index is 0.0833. The summed E-state index contributed by atoms with van der Waals surface area (Å²) in [5, 5.41) is -0.180. The lowest BCUT2D eigenvalue weighted by Crippen LogP contribution is -2.29. The maximum Gasteiger partial charge on any atom is 0.387 e. The summed E-state index contributed by atoms with van der Waals surface area (Å²) in [6.45, 7) is 1.27. The van der Waals surface area contributed by atoms with Crippen molar-refractivity contribution in [3.05, 3.63) is 23.2 Å². The predicted octanol–water partition coefficient (Wildman–Crippen LogP) is 3.66. The van der Waals surface area contributed by atoms with Gasteiger partial charge in [-0.2, -0.15) is 8.78 Å². The smallest absolute Gasteiger partial charge is 0.387 e. The Morgan fingerprint density at radius 1 is 1.29 bits per heavy atom. The van der Waals surface area contributed by atoms with E-state index in [9.17, 15) is 17.2 Å². The van der Waals surface area contributed by atoms with Crippen molar-refractivity contribution in [2.24, 2.45) is 5.92 Å². The van der Waals surface area contributed by atoms with Gasteiger partial charge < -0.3 is 4.74 Å². The number of ether oxygens (including phenoxy) is 1. The van der Waals surface area contributed by atoms with Gasteiger partial charge in [0.05, 0.1) is 9.92 Å². The van der Waals surface area contributed by atoms with E-state index in [1.54, 1.807) is 0 Å². The van der Waals surface area contributed by atoms with Crippen LogP contribution in [0.2, 0.25) is 5.02 Å². The maximum absolute atomic E-state index is 12.1. The Morgan fingerprint density at radius 2 is 1.90 bits per heavy atom. The van der Waals surface area contributed by atoms with Gasteiger partial charge >= 0.3 is 6.61 Å². The molecule has 1 N–H and O–H groups in total. The summed E-state index contributed by atoms with van der Waals surface area (Å²) in [5.74, 6) is -0.0118. The number of sulfonamides is 1. The fourth-order valence-corrected chi connectivity index (χ4v) is 3.16. The molecule has 0 atom stereocenters. The van der Waals surface area contributed by atoms with Gasteiger partial charge in [-0.1, -0.05) is 38.3 Å². The highest BCUT2D eigenvalue weighted by Gasteiger charge is 2.18. The summed E-state index contributed by atoms with van der Waals surface area (Å²) in [6, 6.07) is 3.38. The fourth-order valence-electron chi connectivity index (χ4n) is 1.73. The van der Waals surface area contributed by atoms with Gasteiger partial charge in [0.25, 0.3) is 0 Å². The highest BCUT2D eigenvalue weighted by molar-refractivity contribution is 7.89. The summed E-state index contributed by atoms with van der Waals surface area (Å²) in [7, 11) is -3.72. The van der Waals surface area contributed by atoms with Crippen LogP contribution in [0.4, 0.5) is 8.78 Å². The largest absolute Gasteiger partial charge is 0.433 e. The molecule has 120 valence electrons. The Hall–Kier alpha value is -0.920. The van der Waals surface area contributed by atoms with Gasteiger partial charge in [-0.3, -0.25) is 0 Å². The summed E-state index contributed by atoms with van der Waals surface area (Å²) >= 11 is 5.75. The van der Waals surface area contributed by atoms with E-state index in [2.05, 4.69) is 9.46 Å². The van der Waals surface area contributed by atoms with E-state index in [0.29, 0.717) is 6.54 Å². The average molecular weight is 342 g/mol. The first-order chi connectivity index (χ1) is 9.80. The van der Waals surface area contributed by atoms with Crippen LogP contribution in [0.1, 0.15) is 26.7 Å². The molecule has 1 aromatic carbocycles. The van der Waals surface area contributed by atoms with Crippen molar-refractivity contribution < 1.29 is 21.9 Å². The summed E-state index contributed by atoms with van der Waals surface area (Å²) in [6.07, 6.45) is 1.72. The van der Waals surface area contributed by atoms with Gasteiger partial charge in [-0.15, -0.1) is 0 Å². The quantitative estimate of drug-likeness (QED) is 0.785. The van der Waals surface area contributed by atoms with E-state index in [-0.39, 0.29) is 21.6 Å². The minimum atomic E-state index is -3.72. The van der Waals surface area contributed by atoms with Crippen LogP contribution in [0.25, 0.3) is 0 Å². The molecule has 0 aliphatic heterocycles. The minimum Gasteiger partial charge on any atom is -0.433 e. The van der Waals surface area contributed by atoms with Gasteiger partial charge in [0.1, 0.15) is 5.75 Å². The van der Waals surface area contributed by atoms with Crippen LogP contribution in [0.15, 0.2) is 23.1 Å². The number of rotatable bonds is 8. The number of nitrogens with one attached hydrogen (secondary N) is 1. The van der Waals surface area contributed by atoms with E-state index in [0.717, 1.165) is 25.0 Å². The molecular weight excluding hydrogens is 324 g/mol. The third-order valence-electron chi connectivity index (χ3n) is 3.15.